The summed E-state index contributed by atoms with van der Waals surface area (Å²) >= 11 is 0. The van der Waals surface area contributed by atoms with Gasteiger partial charge in [0.05, 0.1) is 0 Å². The van der Waals surface area contributed by atoms with Crippen molar-refractivity contribution in [2.75, 3.05) is 13.1 Å². The third-order valence-electron chi connectivity index (χ3n) is 4.30. The third-order valence-corrected chi connectivity index (χ3v) is 4.30. The van der Waals surface area contributed by atoms with Gasteiger partial charge in [0, 0.05) is 18.6 Å². The molecule has 0 spiro atoms. The third kappa shape index (κ3) is 1.82. The van der Waals surface area contributed by atoms with E-state index in [2.05, 4.69) is 18.7 Å². The van der Waals surface area contributed by atoms with Gasteiger partial charge in [-0.15, -0.1) is 0 Å². The van der Waals surface area contributed by atoms with Gasteiger partial charge in [-0.3, -0.25) is 4.90 Å². The summed E-state index contributed by atoms with van der Waals surface area (Å²) in [5.74, 6) is 1.80. The zero-order valence-electron chi connectivity index (χ0n) is 9.58. The number of nitrogens with zero attached hydrogens (tertiary/aromatic N) is 1. The Hall–Kier alpha value is -0.0800. The highest BCUT2D eigenvalue weighted by molar-refractivity contribution is 4.92. The highest BCUT2D eigenvalue weighted by Gasteiger charge is 2.37. The fraction of sp³-hybridized carbons (Fsp3) is 1.00. The van der Waals surface area contributed by atoms with Crippen molar-refractivity contribution in [2.24, 2.45) is 17.6 Å². The van der Waals surface area contributed by atoms with Gasteiger partial charge in [0.1, 0.15) is 0 Å². The lowest BCUT2D eigenvalue weighted by atomic mass is 9.77. The first kappa shape index (κ1) is 10.4. The second-order valence-corrected chi connectivity index (χ2v) is 5.38. The monoisotopic (exact) mass is 196 g/mol. The number of rotatable bonds is 2. The summed E-state index contributed by atoms with van der Waals surface area (Å²) in [7, 11) is 0. The number of piperidine rings is 1. The van der Waals surface area contributed by atoms with E-state index >= 15 is 0 Å². The molecule has 2 rings (SSSR count). The van der Waals surface area contributed by atoms with Crippen LogP contribution >= 0.6 is 0 Å². The van der Waals surface area contributed by atoms with Crippen molar-refractivity contribution in [1.29, 1.82) is 0 Å². The van der Waals surface area contributed by atoms with Gasteiger partial charge in [-0.1, -0.05) is 13.8 Å². The van der Waals surface area contributed by atoms with Gasteiger partial charge in [0.15, 0.2) is 0 Å². The van der Waals surface area contributed by atoms with E-state index < -0.39 is 0 Å². The molecule has 4 unspecified atom stereocenters. The Morgan fingerprint density at radius 1 is 1.21 bits per heavy atom. The average Bonchev–Trinajstić information content (AvgIpc) is 2.18. The normalized spacial score (nSPS) is 44.8. The first-order valence-corrected chi connectivity index (χ1v) is 6.18. The molecule has 1 saturated carbocycles. The van der Waals surface area contributed by atoms with Crippen LogP contribution in [0.25, 0.3) is 0 Å². The zero-order chi connectivity index (χ0) is 10.1. The lowest BCUT2D eigenvalue weighted by Crippen LogP contribution is -2.56. The van der Waals surface area contributed by atoms with E-state index in [1.165, 1.54) is 32.2 Å². The van der Waals surface area contributed by atoms with Crippen LogP contribution in [0.5, 0.6) is 0 Å². The summed E-state index contributed by atoms with van der Waals surface area (Å²) in [6.07, 6.45) is 5.53. The van der Waals surface area contributed by atoms with E-state index in [4.69, 9.17) is 5.73 Å². The lowest BCUT2D eigenvalue weighted by Gasteiger charge is -2.49. The molecular weight excluding hydrogens is 172 g/mol. The van der Waals surface area contributed by atoms with Crippen molar-refractivity contribution in [2.45, 2.75) is 51.6 Å². The van der Waals surface area contributed by atoms with Crippen molar-refractivity contribution < 1.29 is 0 Å². The van der Waals surface area contributed by atoms with Crippen molar-refractivity contribution in [3.8, 4) is 0 Å². The maximum atomic E-state index is 5.88. The van der Waals surface area contributed by atoms with Crippen molar-refractivity contribution in [3.63, 3.8) is 0 Å². The van der Waals surface area contributed by atoms with Crippen molar-refractivity contribution >= 4 is 0 Å². The van der Waals surface area contributed by atoms with E-state index in [0.29, 0.717) is 6.04 Å². The Labute approximate surface area is 87.8 Å². The molecule has 2 aliphatic rings. The Morgan fingerprint density at radius 3 is 2.50 bits per heavy atom. The molecule has 0 aromatic carbocycles. The molecule has 1 saturated heterocycles. The smallest absolute Gasteiger partial charge is 0.0224 e. The number of hydrogen-bond donors (Lipinski definition) is 1. The fourth-order valence-corrected chi connectivity index (χ4v) is 3.08. The maximum Gasteiger partial charge on any atom is 0.0224 e. The highest BCUT2D eigenvalue weighted by Crippen LogP contribution is 2.36. The molecule has 2 heteroatoms. The quantitative estimate of drug-likeness (QED) is 0.730. The molecule has 1 aliphatic carbocycles. The van der Waals surface area contributed by atoms with E-state index in [1.54, 1.807) is 0 Å². The standard InChI is InChI=1S/C12H24N2/c1-9-5-6-14(11(7-9)8-13)12-4-3-10(12)2/h9-12H,3-8,13H2,1-2H3. The molecular formula is C12H24N2. The molecule has 1 heterocycles. The van der Waals surface area contributed by atoms with Gasteiger partial charge in [0.25, 0.3) is 0 Å². The Morgan fingerprint density at radius 2 is 2.00 bits per heavy atom. The minimum absolute atomic E-state index is 0.673. The predicted octanol–water partition coefficient (Wildman–Crippen LogP) is 1.84. The molecule has 0 amide bonds. The van der Waals surface area contributed by atoms with Gasteiger partial charge in [-0.05, 0) is 44.1 Å². The second kappa shape index (κ2) is 4.19. The van der Waals surface area contributed by atoms with Crippen LogP contribution in [0, 0.1) is 11.8 Å². The second-order valence-electron chi connectivity index (χ2n) is 5.38. The van der Waals surface area contributed by atoms with Crippen LogP contribution in [0.1, 0.15) is 39.5 Å². The van der Waals surface area contributed by atoms with E-state index in [-0.39, 0.29) is 0 Å². The summed E-state index contributed by atoms with van der Waals surface area (Å²) < 4.78 is 0. The first-order chi connectivity index (χ1) is 6.72. The maximum absolute atomic E-state index is 5.88. The Bertz CT molecular complexity index is 193. The first-order valence-electron chi connectivity index (χ1n) is 6.18. The Kier molecular flexibility index (Phi) is 3.13. The van der Waals surface area contributed by atoms with Crippen LogP contribution in [0.2, 0.25) is 0 Å². The number of nitrogens with two attached hydrogens (primary N) is 1. The molecule has 2 fully saturated rings. The summed E-state index contributed by atoms with van der Waals surface area (Å²) in [4.78, 5) is 2.70. The minimum atomic E-state index is 0.673. The minimum Gasteiger partial charge on any atom is -0.329 e. The fourth-order valence-electron chi connectivity index (χ4n) is 3.08. The molecule has 0 aromatic heterocycles. The van der Waals surface area contributed by atoms with Gasteiger partial charge in [-0.2, -0.15) is 0 Å². The highest BCUT2D eigenvalue weighted by atomic mass is 15.2. The molecule has 14 heavy (non-hydrogen) atoms. The number of hydrogen-bond acceptors (Lipinski definition) is 2. The number of likely N-dealkylation sites (tertiary alicyclic amines) is 1. The van der Waals surface area contributed by atoms with E-state index in [0.717, 1.165) is 24.4 Å². The molecule has 1 aliphatic heterocycles. The van der Waals surface area contributed by atoms with Crippen LogP contribution in [0.15, 0.2) is 0 Å². The molecule has 82 valence electrons. The molecule has 0 bridgehead atoms. The topological polar surface area (TPSA) is 29.3 Å². The Balaban J connectivity index is 1.95. The summed E-state index contributed by atoms with van der Waals surface area (Å²) in [6.45, 7) is 6.90. The molecule has 4 atom stereocenters. The van der Waals surface area contributed by atoms with Crippen molar-refractivity contribution in [1.82, 2.24) is 4.90 Å². The molecule has 0 aromatic rings. The van der Waals surface area contributed by atoms with Crippen molar-refractivity contribution in [3.05, 3.63) is 0 Å². The lowest BCUT2D eigenvalue weighted by molar-refractivity contribution is 0.00476. The van der Waals surface area contributed by atoms with Crippen LogP contribution in [-0.4, -0.2) is 30.1 Å². The van der Waals surface area contributed by atoms with Crippen LogP contribution in [-0.2, 0) is 0 Å². The predicted molar refractivity (Wildman–Crippen MR) is 60.1 cm³/mol. The van der Waals surface area contributed by atoms with Crippen LogP contribution in [0.4, 0.5) is 0 Å². The molecule has 2 N–H and O–H groups in total. The van der Waals surface area contributed by atoms with Gasteiger partial charge >= 0.3 is 0 Å². The molecule has 0 radical (unpaired) electrons. The van der Waals surface area contributed by atoms with Gasteiger partial charge in [0.2, 0.25) is 0 Å². The zero-order valence-corrected chi connectivity index (χ0v) is 9.58. The SMILES string of the molecule is CC1CCN(C2CCC2C)C(CN)C1. The molecule has 2 nitrogen and oxygen atoms in total. The van der Waals surface area contributed by atoms with E-state index in [9.17, 15) is 0 Å². The van der Waals surface area contributed by atoms with Crippen LogP contribution < -0.4 is 5.73 Å². The summed E-state index contributed by atoms with van der Waals surface area (Å²) in [5, 5.41) is 0. The largest absolute Gasteiger partial charge is 0.329 e. The van der Waals surface area contributed by atoms with E-state index in [1.807, 2.05) is 0 Å². The average molecular weight is 196 g/mol. The summed E-state index contributed by atoms with van der Waals surface area (Å²) in [5.41, 5.74) is 5.88. The van der Waals surface area contributed by atoms with Gasteiger partial charge in [-0.25, -0.2) is 0 Å². The van der Waals surface area contributed by atoms with Gasteiger partial charge < -0.3 is 5.73 Å². The summed E-state index contributed by atoms with van der Waals surface area (Å²) in [6, 6.07) is 1.53. The van der Waals surface area contributed by atoms with Crippen LogP contribution in [0.3, 0.4) is 0 Å².